The van der Waals surface area contributed by atoms with E-state index >= 15 is 0 Å². The first-order chi connectivity index (χ1) is 13.7. The topological polar surface area (TPSA) is 42.5 Å². The Kier molecular flexibility index (Phi) is 6.86. The van der Waals surface area contributed by atoms with Crippen molar-refractivity contribution in [3.8, 4) is 0 Å². The predicted molar refractivity (Wildman–Crippen MR) is 118 cm³/mol. The van der Waals surface area contributed by atoms with Gasteiger partial charge < -0.3 is 20.1 Å². The molecule has 4 rings (SSSR count). The van der Waals surface area contributed by atoms with Gasteiger partial charge in [-0.1, -0.05) is 13.8 Å². The molecule has 4 nitrogen and oxygen atoms in total. The van der Waals surface area contributed by atoms with Crippen molar-refractivity contribution in [1.29, 1.82) is 0 Å². The lowest BCUT2D eigenvalue weighted by Gasteiger charge is -2.30. The fourth-order valence-electron chi connectivity index (χ4n) is 4.35. The average molecular weight is 421 g/mol. The Morgan fingerprint density at radius 2 is 2.00 bits per heavy atom. The molecule has 2 N–H and O–H groups in total. The zero-order chi connectivity index (χ0) is 19.5. The van der Waals surface area contributed by atoms with Crippen molar-refractivity contribution in [2.75, 3.05) is 39.9 Å². The third-order valence-electron chi connectivity index (χ3n) is 5.86. The summed E-state index contributed by atoms with van der Waals surface area (Å²) < 4.78 is 12.4. The lowest BCUT2D eigenvalue weighted by molar-refractivity contribution is 0.0260. The lowest BCUT2D eigenvalue weighted by atomic mass is 9.96. The Morgan fingerprint density at radius 3 is 2.79 bits per heavy atom. The Balaban J connectivity index is 1.42. The monoisotopic (exact) mass is 420 g/mol. The van der Waals surface area contributed by atoms with E-state index in [1.165, 1.54) is 31.3 Å². The molecule has 0 saturated heterocycles. The number of hydrogen-bond donors (Lipinski definition) is 2. The van der Waals surface area contributed by atoms with Crippen molar-refractivity contribution in [3.05, 3.63) is 42.8 Å². The van der Waals surface area contributed by atoms with Crippen molar-refractivity contribution in [1.82, 2.24) is 10.6 Å². The Bertz CT molecular complexity index is 772. The molecular formula is C22H32N2O2S2. The second-order valence-corrected chi connectivity index (χ2v) is 9.81. The average Bonchev–Trinajstić information content (AvgIpc) is 3.34. The Morgan fingerprint density at radius 1 is 1.11 bits per heavy atom. The number of rotatable bonds is 8. The minimum absolute atomic E-state index is 0.190. The molecule has 2 aliphatic heterocycles. The summed E-state index contributed by atoms with van der Waals surface area (Å²) in [6.07, 6.45) is 3.64. The van der Waals surface area contributed by atoms with E-state index in [9.17, 15) is 0 Å². The van der Waals surface area contributed by atoms with E-state index in [0.717, 1.165) is 52.1 Å². The molecule has 28 heavy (non-hydrogen) atoms. The predicted octanol–water partition coefficient (Wildman–Crippen LogP) is 4.21. The molecule has 3 atom stereocenters. The fraction of sp³-hybridized carbons (Fsp3) is 0.636. The van der Waals surface area contributed by atoms with Gasteiger partial charge in [-0.2, -0.15) is 0 Å². The van der Waals surface area contributed by atoms with Gasteiger partial charge in [0.2, 0.25) is 0 Å². The van der Waals surface area contributed by atoms with Crippen LogP contribution >= 0.6 is 22.7 Å². The van der Waals surface area contributed by atoms with E-state index in [1.807, 2.05) is 29.7 Å². The normalized spacial score (nSPS) is 24.2. The van der Waals surface area contributed by atoms with E-state index in [0.29, 0.717) is 5.92 Å². The standard InChI is InChI=1S/C22H32N2O2S2/c1-4-14-13-27-20-6-7-25-19(21(14)20)11-24-9-15-12-26-18(10-23-3)17-8-16(5-2)28-22(15)17/h8,13,15,18-19,23-24H,4-7,9-12H2,1-3H3/t15?,18-,19?/m1/s1. The summed E-state index contributed by atoms with van der Waals surface area (Å²) in [5.74, 6) is 0.435. The molecule has 2 aliphatic rings. The molecule has 0 spiro atoms. The van der Waals surface area contributed by atoms with Crippen LogP contribution in [-0.2, 0) is 28.7 Å². The van der Waals surface area contributed by atoms with Crippen LogP contribution < -0.4 is 10.6 Å². The van der Waals surface area contributed by atoms with Crippen LogP contribution in [0, 0.1) is 0 Å². The molecule has 0 aliphatic carbocycles. The summed E-state index contributed by atoms with van der Waals surface area (Å²) in [7, 11) is 2.00. The van der Waals surface area contributed by atoms with E-state index in [4.69, 9.17) is 9.47 Å². The fourth-order valence-corrected chi connectivity index (χ4v) is 6.76. The van der Waals surface area contributed by atoms with E-state index in [2.05, 4.69) is 35.9 Å². The summed E-state index contributed by atoms with van der Waals surface area (Å²) in [5.41, 5.74) is 4.33. The molecule has 0 bridgehead atoms. The molecule has 0 aromatic carbocycles. The van der Waals surface area contributed by atoms with Gasteiger partial charge in [0.1, 0.15) is 0 Å². The third-order valence-corrected chi connectivity index (χ3v) is 8.43. The van der Waals surface area contributed by atoms with E-state index in [-0.39, 0.29) is 12.2 Å². The second kappa shape index (κ2) is 9.37. The highest BCUT2D eigenvalue weighted by Crippen LogP contribution is 2.40. The molecule has 0 fully saturated rings. The molecule has 4 heterocycles. The lowest BCUT2D eigenvalue weighted by Crippen LogP contribution is -2.34. The summed E-state index contributed by atoms with van der Waals surface area (Å²) in [4.78, 5) is 4.51. The zero-order valence-electron chi connectivity index (χ0n) is 17.2. The molecule has 2 unspecified atom stereocenters. The highest BCUT2D eigenvalue weighted by Gasteiger charge is 2.31. The van der Waals surface area contributed by atoms with Crippen LogP contribution in [0.5, 0.6) is 0 Å². The van der Waals surface area contributed by atoms with Crippen molar-refractivity contribution in [3.63, 3.8) is 0 Å². The quantitative estimate of drug-likeness (QED) is 0.671. The molecular weight excluding hydrogens is 388 g/mol. The summed E-state index contributed by atoms with van der Waals surface area (Å²) in [6, 6.07) is 2.36. The largest absolute Gasteiger partial charge is 0.372 e. The maximum atomic E-state index is 6.21. The van der Waals surface area contributed by atoms with Gasteiger partial charge in [0, 0.05) is 46.6 Å². The smallest absolute Gasteiger partial charge is 0.0962 e. The first-order valence-corrected chi connectivity index (χ1v) is 12.2. The maximum absolute atomic E-state index is 6.21. The van der Waals surface area contributed by atoms with Crippen LogP contribution in [0.1, 0.15) is 63.3 Å². The molecule has 6 heteroatoms. The first-order valence-electron chi connectivity index (χ1n) is 10.5. The minimum atomic E-state index is 0.190. The van der Waals surface area contributed by atoms with Crippen LogP contribution in [0.3, 0.4) is 0 Å². The number of hydrogen-bond acceptors (Lipinski definition) is 6. The minimum Gasteiger partial charge on any atom is -0.372 e. The molecule has 0 saturated carbocycles. The molecule has 2 aromatic rings. The van der Waals surface area contributed by atoms with Crippen LogP contribution in [0.2, 0.25) is 0 Å². The summed E-state index contributed by atoms with van der Waals surface area (Å²) >= 11 is 3.89. The number of thiophene rings is 2. The van der Waals surface area contributed by atoms with Gasteiger partial charge in [-0.3, -0.25) is 0 Å². The summed E-state index contributed by atoms with van der Waals surface area (Å²) in [5, 5.41) is 9.31. The van der Waals surface area contributed by atoms with E-state index < -0.39 is 0 Å². The van der Waals surface area contributed by atoms with Gasteiger partial charge in [0.25, 0.3) is 0 Å². The number of likely N-dealkylation sites (N-methyl/N-ethyl adjacent to an activating group) is 1. The van der Waals surface area contributed by atoms with Gasteiger partial charge in [0.15, 0.2) is 0 Å². The Labute approximate surface area is 176 Å². The van der Waals surface area contributed by atoms with Crippen LogP contribution in [-0.4, -0.2) is 39.9 Å². The van der Waals surface area contributed by atoms with Crippen molar-refractivity contribution in [2.45, 2.75) is 51.2 Å². The van der Waals surface area contributed by atoms with Gasteiger partial charge in [-0.25, -0.2) is 0 Å². The number of ether oxygens (including phenoxy) is 2. The van der Waals surface area contributed by atoms with Crippen molar-refractivity contribution < 1.29 is 9.47 Å². The summed E-state index contributed by atoms with van der Waals surface area (Å²) in [6.45, 7) is 8.83. The SMILES string of the molecule is CCc1cc2c(s1)C(CNCC1OCCc3scc(CC)c31)CO[C@@H]2CNC. The van der Waals surface area contributed by atoms with E-state index in [1.54, 1.807) is 0 Å². The number of aryl methyl sites for hydroxylation is 2. The molecule has 154 valence electrons. The van der Waals surface area contributed by atoms with Crippen molar-refractivity contribution in [2.24, 2.45) is 0 Å². The van der Waals surface area contributed by atoms with Gasteiger partial charge in [-0.05, 0) is 48.0 Å². The molecule has 0 radical (unpaired) electrons. The Hall–Kier alpha value is -0.760. The van der Waals surface area contributed by atoms with Gasteiger partial charge >= 0.3 is 0 Å². The number of nitrogens with one attached hydrogen (secondary N) is 2. The van der Waals surface area contributed by atoms with Crippen LogP contribution in [0.15, 0.2) is 11.4 Å². The first kappa shape index (κ1) is 20.5. The highest BCUT2D eigenvalue weighted by molar-refractivity contribution is 7.12. The van der Waals surface area contributed by atoms with Crippen LogP contribution in [0.25, 0.3) is 0 Å². The second-order valence-electron chi connectivity index (χ2n) is 7.68. The van der Waals surface area contributed by atoms with Crippen molar-refractivity contribution >= 4 is 22.7 Å². The zero-order valence-corrected chi connectivity index (χ0v) is 18.8. The maximum Gasteiger partial charge on any atom is 0.0962 e. The molecule has 2 aromatic heterocycles. The van der Waals surface area contributed by atoms with Crippen LogP contribution in [0.4, 0.5) is 0 Å². The third kappa shape index (κ3) is 4.09. The molecule has 0 amide bonds. The van der Waals surface area contributed by atoms with Gasteiger partial charge in [0.05, 0.1) is 25.4 Å². The number of fused-ring (bicyclic) bond motifs is 2. The van der Waals surface area contributed by atoms with Gasteiger partial charge in [-0.15, -0.1) is 22.7 Å². The highest BCUT2D eigenvalue weighted by atomic mass is 32.1.